The van der Waals surface area contributed by atoms with E-state index in [9.17, 15) is 16.8 Å². The Labute approximate surface area is 186 Å². The number of nitrogens with zero attached hydrogens (tertiary/aromatic N) is 2. The Bertz CT molecular complexity index is 584. The van der Waals surface area contributed by atoms with E-state index < -0.39 is 20.0 Å². The third-order valence-electron chi connectivity index (χ3n) is 3.86. The molecule has 15 heteroatoms. The molecule has 0 radical (unpaired) electrons. The zero-order valence-corrected chi connectivity index (χ0v) is 20.8. The Balaban J connectivity index is 4.64. The smallest absolute Gasteiger partial charge is 0.208 e. The molecule has 0 aliphatic carbocycles. The molecule has 0 amide bonds. The second kappa shape index (κ2) is 17.5. The Hall–Kier alpha value is -0.0700. The number of likely N-dealkylation sites (N-methyl/N-ethyl adjacent to an activating group) is 1. The monoisotopic (exact) mass is 494 g/mol. The van der Waals surface area contributed by atoms with Crippen molar-refractivity contribution in [2.45, 2.75) is 6.92 Å². The summed E-state index contributed by atoms with van der Waals surface area (Å²) >= 11 is 1.02. The van der Waals surface area contributed by atoms with Gasteiger partial charge in [-0.05, 0) is 6.54 Å². The standard InChI is InChI=1S/C15H38N6O6S3/c1-5-16-6-10-20(11-7-17-28-27-26-2)14-15-21(12-8-18-29(3,22)23)13-9-19-30(4,24)25/h16-19H,5-15H2,1-4H3. The Morgan fingerprint density at radius 3 is 1.67 bits per heavy atom. The van der Waals surface area contributed by atoms with Crippen LogP contribution >= 0.6 is 12.2 Å². The van der Waals surface area contributed by atoms with Crippen LogP contribution in [-0.2, 0) is 29.3 Å². The highest BCUT2D eigenvalue weighted by atomic mass is 32.2. The maximum atomic E-state index is 11.3. The van der Waals surface area contributed by atoms with Gasteiger partial charge >= 0.3 is 0 Å². The van der Waals surface area contributed by atoms with Crippen molar-refractivity contribution in [1.82, 2.24) is 29.3 Å². The zero-order chi connectivity index (χ0) is 22.9. The summed E-state index contributed by atoms with van der Waals surface area (Å²) < 4.78 is 57.9. The van der Waals surface area contributed by atoms with Crippen LogP contribution in [0, 0.1) is 0 Å². The number of nitrogens with one attached hydrogen (secondary N) is 4. The lowest BCUT2D eigenvalue weighted by Crippen LogP contribution is -2.44. The van der Waals surface area contributed by atoms with Crippen molar-refractivity contribution >= 4 is 32.3 Å². The van der Waals surface area contributed by atoms with Crippen molar-refractivity contribution in [3.05, 3.63) is 0 Å². The van der Waals surface area contributed by atoms with Gasteiger partial charge in [-0.25, -0.2) is 35.9 Å². The second-order valence-electron chi connectivity index (χ2n) is 6.58. The van der Waals surface area contributed by atoms with Crippen LogP contribution in [0.3, 0.4) is 0 Å². The van der Waals surface area contributed by atoms with Crippen LogP contribution in [0.1, 0.15) is 6.92 Å². The summed E-state index contributed by atoms with van der Waals surface area (Å²) in [6.07, 6.45) is 2.23. The van der Waals surface area contributed by atoms with E-state index in [0.29, 0.717) is 26.2 Å². The Morgan fingerprint density at radius 1 is 0.767 bits per heavy atom. The lowest BCUT2D eigenvalue weighted by atomic mass is 10.3. The Kier molecular flexibility index (Phi) is 17.4. The van der Waals surface area contributed by atoms with Gasteiger partial charge in [-0.2, -0.15) is 0 Å². The molecule has 0 aromatic heterocycles. The normalized spacial score (nSPS) is 12.9. The first-order valence-electron chi connectivity index (χ1n) is 9.71. The summed E-state index contributed by atoms with van der Waals surface area (Å²) in [5.74, 6) is 0. The van der Waals surface area contributed by atoms with E-state index in [2.05, 4.69) is 36.2 Å². The molecule has 0 fully saturated rings. The molecule has 0 aromatic carbocycles. The van der Waals surface area contributed by atoms with Crippen LogP contribution < -0.4 is 19.5 Å². The number of rotatable bonds is 21. The van der Waals surface area contributed by atoms with E-state index in [0.717, 1.165) is 57.5 Å². The minimum absolute atomic E-state index is 0.266. The topological polar surface area (TPSA) is 141 Å². The molecule has 0 bridgehead atoms. The molecule has 0 unspecified atom stereocenters. The van der Waals surface area contributed by atoms with E-state index in [1.54, 1.807) is 0 Å². The van der Waals surface area contributed by atoms with Gasteiger partial charge in [-0.3, -0.25) is 9.80 Å². The quantitative estimate of drug-likeness (QED) is 0.0464. The predicted octanol–water partition coefficient (Wildman–Crippen LogP) is -1.97. The van der Waals surface area contributed by atoms with Crippen molar-refractivity contribution in [2.24, 2.45) is 0 Å². The fourth-order valence-electron chi connectivity index (χ4n) is 2.45. The first kappa shape index (κ1) is 29.9. The average molecular weight is 495 g/mol. The van der Waals surface area contributed by atoms with Crippen molar-refractivity contribution in [3.63, 3.8) is 0 Å². The summed E-state index contributed by atoms with van der Waals surface area (Å²) in [5.41, 5.74) is 0. The minimum atomic E-state index is -3.27. The molecule has 0 saturated heterocycles. The zero-order valence-electron chi connectivity index (χ0n) is 18.3. The molecule has 0 rings (SSSR count). The van der Waals surface area contributed by atoms with Crippen LogP contribution in [0.2, 0.25) is 0 Å². The lowest BCUT2D eigenvalue weighted by molar-refractivity contribution is -0.161. The van der Waals surface area contributed by atoms with Crippen LogP contribution in [0.4, 0.5) is 0 Å². The summed E-state index contributed by atoms with van der Waals surface area (Å²) in [4.78, 5) is 8.81. The van der Waals surface area contributed by atoms with Crippen LogP contribution in [0.5, 0.6) is 0 Å². The molecule has 0 atom stereocenters. The first-order valence-corrected chi connectivity index (χ1v) is 14.2. The molecule has 0 aliphatic heterocycles. The first-order chi connectivity index (χ1) is 14.1. The SMILES string of the molecule is CCNCCN(CCNSOOC)CCN(CCNS(C)(=O)=O)CCNS(C)(=O)=O. The van der Waals surface area contributed by atoms with Crippen molar-refractivity contribution in [1.29, 1.82) is 0 Å². The van der Waals surface area contributed by atoms with Gasteiger partial charge in [-0.1, -0.05) is 6.92 Å². The molecule has 0 saturated carbocycles. The van der Waals surface area contributed by atoms with Gasteiger partial charge in [0.25, 0.3) is 0 Å². The highest BCUT2D eigenvalue weighted by Crippen LogP contribution is 1.97. The van der Waals surface area contributed by atoms with Crippen molar-refractivity contribution < 1.29 is 26.1 Å². The molecule has 12 nitrogen and oxygen atoms in total. The highest BCUT2D eigenvalue weighted by Gasteiger charge is 2.11. The van der Waals surface area contributed by atoms with Crippen LogP contribution in [0.25, 0.3) is 0 Å². The summed E-state index contributed by atoms with van der Waals surface area (Å²) in [6.45, 7) is 9.03. The molecular formula is C15H38N6O6S3. The largest absolute Gasteiger partial charge is 0.316 e. The van der Waals surface area contributed by atoms with Crippen LogP contribution in [-0.4, -0.2) is 118 Å². The fraction of sp³-hybridized carbons (Fsp3) is 1.00. The second-order valence-corrected chi connectivity index (χ2v) is 10.8. The highest BCUT2D eigenvalue weighted by molar-refractivity contribution is 7.92. The molecule has 0 aromatic rings. The van der Waals surface area contributed by atoms with Gasteiger partial charge in [0.1, 0.15) is 12.2 Å². The van der Waals surface area contributed by atoms with Crippen molar-refractivity contribution in [3.8, 4) is 0 Å². The molecule has 30 heavy (non-hydrogen) atoms. The maximum absolute atomic E-state index is 11.3. The predicted molar refractivity (Wildman–Crippen MR) is 121 cm³/mol. The van der Waals surface area contributed by atoms with Crippen LogP contribution in [0.15, 0.2) is 0 Å². The summed E-state index contributed by atoms with van der Waals surface area (Å²) in [5, 5.41) is 3.30. The number of sulfonamides is 2. The summed E-state index contributed by atoms with van der Waals surface area (Å²) in [7, 11) is -5.10. The molecule has 0 spiro atoms. The van der Waals surface area contributed by atoms with E-state index in [4.69, 9.17) is 4.33 Å². The molecule has 0 aliphatic rings. The molecular weight excluding hydrogens is 456 g/mol. The fourth-order valence-corrected chi connectivity index (χ4v) is 3.66. The van der Waals surface area contributed by atoms with Gasteiger partial charge in [0.05, 0.1) is 19.6 Å². The van der Waals surface area contributed by atoms with E-state index in [1.807, 2.05) is 4.90 Å². The van der Waals surface area contributed by atoms with Gasteiger partial charge < -0.3 is 5.32 Å². The minimum Gasteiger partial charge on any atom is -0.316 e. The number of hydrogen-bond acceptors (Lipinski definition) is 11. The molecule has 4 N–H and O–H groups in total. The third-order valence-corrected chi connectivity index (χ3v) is 5.85. The maximum Gasteiger partial charge on any atom is 0.208 e. The van der Waals surface area contributed by atoms with Gasteiger partial charge in [0.2, 0.25) is 20.0 Å². The average Bonchev–Trinajstić information content (AvgIpc) is 2.62. The Morgan fingerprint density at radius 2 is 1.23 bits per heavy atom. The summed E-state index contributed by atoms with van der Waals surface area (Å²) in [6, 6.07) is 0. The van der Waals surface area contributed by atoms with Gasteiger partial charge in [-0.15, -0.1) is 4.33 Å². The van der Waals surface area contributed by atoms with E-state index in [-0.39, 0.29) is 13.1 Å². The van der Waals surface area contributed by atoms with Gasteiger partial charge in [0.15, 0.2) is 0 Å². The lowest BCUT2D eigenvalue weighted by Gasteiger charge is -2.28. The van der Waals surface area contributed by atoms with E-state index in [1.165, 1.54) is 7.11 Å². The third kappa shape index (κ3) is 21.2. The molecule has 0 heterocycles. The molecule has 182 valence electrons. The number of hydrogen-bond donors (Lipinski definition) is 4. The van der Waals surface area contributed by atoms with Crippen molar-refractivity contribution in [2.75, 3.05) is 91.6 Å². The van der Waals surface area contributed by atoms with Gasteiger partial charge in [0, 0.05) is 65.4 Å². The van der Waals surface area contributed by atoms with E-state index >= 15 is 0 Å².